The minimum atomic E-state index is -1.09. The molecule has 0 saturated heterocycles. The normalized spacial score (nSPS) is 23.5. The molecule has 3 nitrogen and oxygen atoms in total. The fraction of sp³-hybridized carbons (Fsp3) is 0.278. The van der Waals surface area contributed by atoms with E-state index < -0.39 is 5.72 Å². The van der Waals surface area contributed by atoms with E-state index in [0.717, 1.165) is 42.0 Å². The number of aryl methyl sites for hydroxylation is 1. The number of nitrogens with zero attached hydrogens (tertiary/aromatic N) is 2. The lowest BCUT2D eigenvalue weighted by atomic mass is 9.93. The lowest BCUT2D eigenvalue weighted by Gasteiger charge is -2.37. The van der Waals surface area contributed by atoms with Gasteiger partial charge in [-0.05, 0) is 13.3 Å². The van der Waals surface area contributed by atoms with E-state index in [2.05, 4.69) is 30.1 Å². The molecule has 3 heteroatoms. The van der Waals surface area contributed by atoms with Gasteiger partial charge in [-0.1, -0.05) is 54.1 Å². The SMILES string of the molecule is Cc1ccc(C2(O)c3ccccc3C3=NCCCN32)cc1. The molecule has 2 aromatic rings. The predicted octanol–water partition coefficient (Wildman–Crippen LogP) is 2.65. The maximum Gasteiger partial charge on any atom is 0.193 e. The number of benzene rings is 2. The zero-order chi connectivity index (χ0) is 14.4. The molecule has 0 bridgehead atoms. The van der Waals surface area contributed by atoms with Crippen LogP contribution in [0.1, 0.15) is 28.7 Å². The van der Waals surface area contributed by atoms with Crippen molar-refractivity contribution in [1.29, 1.82) is 0 Å². The van der Waals surface area contributed by atoms with Crippen molar-refractivity contribution in [3.8, 4) is 0 Å². The summed E-state index contributed by atoms with van der Waals surface area (Å²) in [6.45, 7) is 3.73. The molecule has 1 N–H and O–H groups in total. The van der Waals surface area contributed by atoms with Crippen molar-refractivity contribution in [2.45, 2.75) is 19.1 Å². The third kappa shape index (κ3) is 1.67. The Bertz CT molecular complexity index is 720. The summed E-state index contributed by atoms with van der Waals surface area (Å²) < 4.78 is 0. The van der Waals surface area contributed by atoms with Gasteiger partial charge in [0.1, 0.15) is 5.84 Å². The van der Waals surface area contributed by atoms with E-state index in [1.54, 1.807) is 0 Å². The van der Waals surface area contributed by atoms with Crippen molar-refractivity contribution in [2.24, 2.45) is 4.99 Å². The standard InChI is InChI=1S/C18H18N2O/c1-13-7-9-14(10-8-13)18(21)16-6-3-2-5-15(16)17-19-11-4-12-20(17)18/h2-3,5-10,21H,4,11-12H2,1H3. The molecule has 2 heterocycles. The largest absolute Gasteiger partial charge is 0.363 e. The van der Waals surface area contributed by atoms with Crippen LogP contribution in [0.4, 0.5) is 0 Å². The van der Waals surface area contributed by atoms with Gasteiger partial charge in [0.05, 0.1) is 0 Å². The smallest absolute Gasteiger partial charge is 0.193 e. The van der Waals surface area contributed by atoms with Crippen molar-refractivity contribution < 1.29 is 5.11 Å². The summed E-state index contributed by atoms with van der Waals surface area (Å²) in [4.78, 5) is 6.70. The highest BCUT2D eigenvalue weighted by molar-refractivity contribution is 6.04. The van der Waals surface area contributed by atoms with E-state index in [4.69, 9.17) is 0 Å². The van der Waals surface area contributed by atoms with Crippen LogP contribution in [0.5, 0.6) is 0 Å². The highest BCUT2D eigenvalue weighted by Gasteiger charge is 2.48. The summed E-state index contributed by atoms with van der Waals surface area (Å²) in [5.74, 6) is 0.930. The molecule has 0 fully saturated rings. The molecule has 0 amide bonds. The molecule has 1 unspecified atom stereocenters. The van der Waals surface area contributed by atoms with Crippen LogP contribution in [0.25, 0.3) is 0 Å². The van der Waals surface area contributed by atoms with Gasteiger partial charge < -0.3 is 10.0 Å². The van der Waals surface area contributed by atoms with E-state index in [1.807, 2.05) is 35.2 Å². The van der Waals surface area contributed by atoms with E-state index in [-0.39, 0.29) is 0 Å². The minimum absolute atomic E-state index is 0.831. The number of amidine groups is 1. The van der Waals surface area contributed by atoms with Gasteiger partial charge in [0.25, 0.3) is 0 Å². The van der Waals surface area contributed by atoms with Gasteiger partial charge in [-0.2, -0.15) is 0 Å². The average Bonchev–Trinajstić information content (AvgIpc) is 2.80. The molecule has 106 valence electrons. The fourth-order valence-corrected chi connectivity index (χ4v) is 3.38. The van der Waals surface area contributed by atoms with Crippen LogP contribution < -0.4 is 0 Å². The van der Waals surface area contributed by atoms with Crippen LogP contribution in [-0.4, -0.2) is 28.9 Å². The quantitative estimate of drug-likeness (QED) is 0.870. The predicted molar refractivity (Wildman–Crippen MR) is 83.3 cm³/mol. The number of aliphatic hydroxyl groups is 1. The minimum Gasteiger partial charge on any atom is -0.363 e. The van der Waals surface area contributed by atoms with Gasteiger partial charge in [-0.3, -0.25) is 4.99 Å². The molecule has 0 aliphatic carbocycles. The molecule has 2 aliphatic heterocycles. The third-order valence-electron chi connectivity index (χ3n) is 4.45. The molecule has 2 aliphatic rings. The second-order valence-corrected chi connectivity index (χ2v) is 5.79. The highest BCUT2D eigenvalue weighted by Crippen LogP contribution is 2.43. The van der Waals surface area contributed by atoms with Gasteiger partial charge in [0, 0.05) is 29.8 Å². The highest BCUT2D eigenvalue weighted by atomic mass is 16.3. The van der Waals surface area contributed by atoms with Crippen molar-refractivity contribution in [3.63, 3.8) is 0 Å². The molecule has 0 aromatic heterocycles. The third-order valence-corrected chi connectivity index (χ3v) is 4.45. The van der Waals surface area contributed by atoms with Crippen LogP contribution in [0, 0.1) is 6.92 Å². The Morgan fingerprint density at radius 2 is 1.86 bits per heavy atom. The second kappa shape index (κ2) is 4.43. The van der Waals surface area contributed by atoms with E-state index in [9.17, 15) is 5.11 Å². The first-order valence-corrected chi connectivity index (χ1v) is 7.43. The van der Waals surface area contributed by atoms with E-state index in [0.29, 0.717) is 0 Å². The molecule has 0 radical (unpaired) electrons. The molecule has 4 rings (SSSR count). The van der Waals surface area contributed by atoms with Gasteiger partial charge in [-0.15, -0.1) is 0 Å². The summed E-state index contributed by atoms with van der Waals surface area (Å²) in [7, 11) is 0. The summed E-state index contributed by atoms with van der Waals surface area (Å²) in [6.07, 6.45) is 0.978. The first kappa shape index (κ1) is 12.6. The summed E-state index contributed by atoms with van der Waals surface area (Å²) in [5.41, 5.74) is 3.01. The monoisotopic (exact) mass is 278 g/mol. The summed E-state index contributed by atoms with van der Waals surface area (Å²) >= 11 is 0. The number of fused-ring (bicyclic) bond motifs is 3. The molecular weight excluding hydrogens is 260 g/mol. The van der Waals surface area contributed by atoms with E-state index in [1.165, 1.54) is 5.56 Å². The molecule has 21 heavy (non-hydrogen) atoms. The van der Waals surface area contributed by atoms with Crippen LogP contribution in [0.2, 0.25) is 0 Å². The van der Waals surface area contributed by atoms with Gasteiger partial charge in [0.15, 0.2) is 5.72 Å². The average molecular weight is 278 g/mol. The second-order valence-electron chi connectivity index (χ2n) is 5.79. The number of hydrogen-bond acceptors (Lipinski definition) is 3. The lowest BCUT2D eigenvalue weighted by molar-refractivity contribution is -0.0317. The first-order chi connectivity index (χ1) is 10.2. The van der Waals surface area contributed by atoms with Gasteiger partial charge in [0.2, 0.25) is 0 Å². The molecule has 0 saturated carbocycles. The summed E-state index contributed by atoms with van der Waals surface area (Å²) in [5, 5.41) is 11.5. The molecular formula is C18H18N2O. The Morgan fingerprint density at radius 3 is 2.67 bits per heavy atom. The topological polar surface area (TPSA) is 35.8 Å². The molecule has 2 aromatic carbocycles. The van der Waals surface area contributed by atoms with Crippen LogP contribution >= 0.6 is 0 Å². The molecule has 0 spiro atoms. The van der Waals surface area contributed by atoms with Crippen LogP contribution in [0.3, 0.4) is 0 Å². The van der Waals surface area contributed by atoms with Crippen LogP contribution in [0.15, 0.2) is 53.5 Å². The van der Waals surface area contributed by atoms with Gasteiger partial charge >= 0.3 is 0 Å². The fourth-order valence-electron chi connectivity index (χ4n) is 3.38. The van der Waals surface area contributed by atoms with Crippen LogP contribution in [-0.2, 0) is 5.72 Å². The lowest BCUT2D eigenvalue weighted by Crippen LogP contribution is -2.47. The van der Waals surface area contributed by atoms with Crippen molar-refractivity contribution in [2.75, 3.05) is 13.1 Å². The van der Waals surface area contributed by atoms with E-state index >= 15 is 0 Å². The van der Waals surface area contributed by atoms with Crippen molar-refractivity contribution in [1.82, 2.24) is 4.90 Å². The van der Waals surface area contributed by atoms with Gasteiger partial charge in [-0.25, -0.2) is 0 Å². The zero-order valence-electron chi connectivity index (χ0n) is 12.1. The number of hydrogen-bond donors (Lipinski definition) is 1. The Balaban J connectivity index is 1.96. The number of aliphatic imine (C=N–C) groups is 1. The zero-order valence-corrected chi connectivity index (χ0v) is 12.1. The maximum atomic E-state index is 11.5. The molecule has 1 atom stereocenters. The Labute approximate surface area is 124 Å². The summed E-state index contributed by atoms with van der Waals surface area (Å²) in [6, 6.07) is 16.2. The number of rotatable bonds is 1. The first-order valence-electron chi connectivity index (χ1n) is 7.43. The maximum absolute atomic E-state index is 11.5. The Hall–Kier alpha value is -2.13. The Morgan fingerprint density at radius 1 is 1.10 bits per heavy atom. The Kier molecular flexibility index (Phi) is 2.66. The van der Waals surface area contributed by atoms with Crippen molar-refractivity contribution in [3.05, 3.63) is 70.8 Å². The van der Waals surface area contributed by atoms with Crippen molar-refractivity contribution >= 4 is 5.84 Å².